The molecule has 0 aliphatic carbocycles. The van der Waals surface area contributed by atoms with Crippen LogP contribution in [0.15, 0.2) is 28.8 Å². The number of urea groups is 1. The van der Waals surface area contributed by atoms with Gasteiger partial charge in [0.2, 0.25) is 0 Å². The minimum Gasteiger partial charge on any atom is -0.391 e. The predicted octanol–water partition coefficient (Wildman–Crippen LogP) is 0.889. The van der Waals surface area contributed by atoms with E-state index in [9.17, 15) is 9.90 Å². The first-order valence-corrected chi connectivity index (χ1v) is 7.49. The fourth-order valence-corrected chi connectivity index (χ4v) is 2.44. The Morgan fingerprint density at radius 3 is 2.83 bits per heavy atom. The van der Waals surface area contributed by atoms with Gasteiger partial charge in [-0.3, -0.25) is 0 Å². The third-order valence-electron chi connectivity index (χ3n) is 3.68. The molecule has 0 spiro atoms. The fraction of sp³-hybridized carbons (Fsp3) is 0.400. The highest BCUT2D eigenvalue weighted by Crippen LogP contribution is 2.19. The van der Waals surface area contributed by atoms with Crippen LogP contribution in [0.25, 0.3) is 11.5 Å². The van der Waals surface area contributed by atoms with Gasteiger partial charge in [-0.15, -0.1) is 0 Å². The van der Waals surface area contributed by atoms with Crippen LogP contribution in [-0.4, -0.2) is 46.5 Å². The molecule has 2 atom stereocenters. The van der Waals surface area contributed by atoms with Crippen LogP contribution in [0.1, 0.15) is 12.2 Å². The van der Waals surface area contributed by atoms with Crippen molar-refractivity contribution in [1.29, 1.82) is 0 Å². The lowest BCUT2D eigenvalue weighted by Crippen LogP contribution is -2.54. The number of amides is 2. The van der Waals surface area contributed by atoms with E-state index in [0.717, 1.165) is 12.1 Å². The Bertz CT molecular complexity index is 670. The quantitative estimate of drug-likeness (QED) is 0.669. The minimum absolute atomic E-state index is 0.288. The van der Waals surface area contributed by atoms with Gasteiger partial charge in [0.25, 0.3) is 5.89 Å². The average molecular weight is 317 g/mol. The van der Waals surface area contributed by atoms with Gasteiger partial charge in [0.1, 0.15) is 0 Å². The summed E-state index contributed by atoms with van der Waals surface area (Å²) in [5, 5.41) is 22.2. The van der Waals surface area contributed by atoms with Crippen LogP contribution in [0, 0.1) is 6.92 Å². The molecule has 1 saturated heterocycles. The normalized spacial score (nSPS) is 21.0. The molecule has 4 N–H and O–H groups in total. The average Bonchev–Trinajstić information content (AvgIpc) is 2.97. The number of hydrogen-bond donors (Lipinski definition) is 4. The Hall–Kier alpha value is -2.45. The topological polar surface area (TPSA) is 112 Å². The molecule has 3 rings (SSSR count). The van der Waals surface area contributed by atoms with E-state index in [4.69, 9.17) is 4.52 Å². The number of hydrogen-bond acceptors (Lipinski definition) is 6. The van der Waals surface area contributed by atoms with E-state index < -0.39 is 6.10 Å². The summed E-state index contributed by atoms with van der Waals surface area (Å²) in [6, 6.07) is 6.45. The Morgan fingerprint density at radius 1 is 1.39 bits per heavy atom. The smallest absolute Gasteiger partial charge is 0.319 e. The summed E-state index contributed by atoms with van der Waals surface area (Å²) < 4.78 is 5.09. The van der Waals surface area contributed by atoms with Crippen molar-refractivity contribution in [1.82, 2.24) is 20.8 Å². The van der Waals surface area contributed by atoms with Crippen LogP contribution in [0.3, 0.4) is 0 Å². The van der Waals surface area contributed by atoms with Gasteiger partial charge in [-0.05, 0) is 44.2 Å². The van der Waals surface area contributed by atoms with Gasteiger partial charge in [0.15, 0.2) is 5.82 Å². The number of piperidine rings is 1. The highest BCUT2D eigenvalue weighted by atomic mass is 16.5. The molecule has 2 aromatic rings. The summed E-state index contributed by atoms with van der Waals surface area (Å²) in [6.45, 7) is 3.07. The third kappa shape index (κ3) is 3.85. The number of nitrogens with one attached hydrogen (secondary N) is 3. The van der Waals surface area contributed by atoms with Gasteiger partial charge in [-0.1, -0.05) is 5.16 Å². The van der Waals surface area contributed by atoms with Gasteiger partial charge >= 0.3 is 6.03 Å². The molecule has 0 radical (unpaired) electrons. The maximum Gasteiger partial charge on any atom is 0.319 e. The van der Waals surface area contributed by atoms with Crippen molar-refractivity contribution in [3.63, 3.8) is 0 Å². The predicted molar refractivity (Wildman–Crippen MR) is 83.9 cm³/mol. The summed E-state index contributed by atoms with van der Waals surface area (Å²) in [5.74, 6) is 1.01. The maximum atomic E-state index is 12.0. The molecular formula is C15H19N5O3. The molecule has 0 unspecified atom stereocenters. The standard InChI is InChI=1S/C15H19N5O3/c1-9-17-14(23-20-9)10-2-4-11(5-3-10)18-15(22)19-12-8-16-7-6-13(12)21/h2-5,12-13,16,21H,6-8H2,1H3,(H2,18,19,22)/t12-,13-/m1/s1. The fourth-order valence-electron chi connectivity index (χ4n) is 2.44. The van der Waals surface area contributed by atoms with E-state index in [1.807, 2.05) is 0 Å². The Balaban J connectivity index is 1.58. The van der Waals surface area contributed by atoms with E-state index in [1.54, 1.807) is 31.2 Å². The van der Waals surface area contributed by atoms with Gasteiger partial charge in [-0.2, -0.15) is 4.98 Å². The first-order valence-electron chi connectivity index (χ1n) is 7.49. The second kappa shape index (κ2) is 6.76. The van der Waals surface area contributed by atoms with E-state index in [1.165, 1.54) is 0 Å². The number of aromatic nitrogens is 2. The summed E-state index contributed by atoms with van der Waals surface area (Å²) >= 11 is 0. The summed E-state index contributed by atoms with van der Waals surface area (Å²) in [4.78, 5) is 16.1. The van der Waals surface area contributed by atoms with Crippen LogP contribution in [-0.2, 0) is 0 Å². The lowest BCUT2D eigenvalue weighted by atomic mass is 10.0. The Morgan fingerprint density at radius 2 is 2.17 bits per heavy atom. The number of aryl methyl sites for hydroxylation is 1. The Kier molecular flexibility index (Phi) is 4.54. The summed E-state index contributed by atoms with van der Waals surface area (Å²) in [7, 11) is 0. The molecule has 0 bridgehead atoms. The molecule has 2 amide bonds. The van der Waals surface area contributed by atoms with Crippen molar-refractivity contribution >= 4 is 11.7 Å². The van der Waals surface area contributed by atoms with E-state index in [2.05, 4.69) is 26.1 Å². The van der Waals surface area contributed by atoms with Crippen molar-refractivity contribution in [3.8, 4) is 11.5 Å². The van der Waals surface area contributed by atoms with Gasteiger partial charge in [-0.25, -0.2) is 4.79 Å². The zero-order chi connectivity index (χ0) is 16.2. The third-order valence-corrected chi connectivity index (χ3v) is 3.68. The molecular weight excluding hydrogens is 298 g/mol. The van der Waals surface area contributed by atoms with Crippen molar-refractivity contribution in [2.75, 3.05) is 18.4 Å². The van der Waals surface area contributed by atoms with E-state index >= 15 is 0 Å². The highest BCUT2D eigenvalue weighted by Gasteiger charge is 2.24. The van der Waals surface area contributed by atoms with E-state index in [0.29, 0.717) is 30.4 Å². The van der Waals surface area contributed by atoms with Crippen LogP contribution in [0.2, 0.25) is 0 Å². The SMILES string of the molecule is Cc1noc(-c2ccc(NC(=O)N[C@@H]3CNCC[C@H]3O)cc2)n1. The summed E-state index contributed by atoms with van der Waals surface area (Å²) in [6.07, 6.45) is 0.105. The number of benzene rings is 1. The largest absolute Gasteiger partial charge is 0.391 e. The molecule has 122 valence electrons. The molecule has 1 aliphatic rings. The molecule has 23 heavy (non-hydrogen) atoms. The maximum absolute atomic E-state index is 12.0. The number of aliphatic hydroxyl groups excluding tert-OH is 1. The Labute approximate surface area is 133 Å². The van der Waals surface area contributed by atoms with Crippen LogP contribution < -0.4 is 16.0 Å². The number of nitrogens with zero attached hydrogens (tertiary/aromatic N) is 2. The van der Waals surface area contributed by atoms with Gasteiger partial charge in [0, 0.05) is 17.8 Å². The van der Waals surface area contributed by atoms with Crippen molar-refractivity contribution in [2.45, 2.75) is 25.5 Å². The van der Waals surface area contributed by atoms with Crippen LogP contribution in [0.4, 0.5) is 10.5 Å². The number of carbonyl (C=O) groups is 1. The van der Waals surface area contributed by atoms with Crippen molar-refractivity contribution in [3.05, 3.63) is 30.1 Å². The van der Waals surface area contributed by atoms with Crippen molar-refractivity contribution in [2.24, 2.45) is 0 Å². The first kappa shape index (κ1) is 15.4. The molecule has 1 fully saturated rings. The monoisotopic (exact) mass is 317 g/mol. The number of anilines is 1. The molecule has 0 saturated carbocycles. The lowest BCUT2D eigenvalue weighted by Gasteiger charge is -2.29. The number of rotatable bonds is 3. The highest BCUT2D eigenvalue weighted by molar-refractivity contribution is 5.89. The van der Waals surface area contributed by atoms with Gasteiger partial charge in [0.05, 0.1) is 12.1 Å². The van der Waals surface area contributed by atoms with Crippen LogP contribution >= 0.6 is 0 Å². The molecule has 1 aromatic carbocycles. The molecule has 2 heterocycles. The zero-order valence-electron chi connectivity index (χ0n) is 12.7. The summed E-state index contributed by atoms with van der Waals surface area (Å²) in [5.41, 5.74) is 1.42. The first-order chi connectivity index (χ1) is 11.1. The molecule has 1 aromatic heterocycles. The lowest BCUT2D eigenvalue weighted by molar-refractivity contribution is 0.103. The zero-order valence-corrected chi connectivity index (χ0v) is 12.7. The second-order valence-electron chi connectivity index (χ2n) is 5.49. The van der Waals surface area contributed by atoms with E-state index in [-0.39, 0.29) is 12.1 Å². The molecule has 8 nitrogen and oxygen atoms in total. The number of carbonyl (C=O) groups excluding carboxylic acids is 1. The molecule has 8 heteroatoms. The second-order valence-corrected chi connectivity index (χ2v) is 5.49. The van der Waals surface area contributed by atoms with Crippen molar-refractivity contribution < 1.29 is 14.4 Å². The molecule has 1 aliphatic heterocycles. The van der Waals surface area contributed by atoms with Crippen LogP contribution in [0.5, 0.6) is 0 Å². The minimum atomic E-state index is -0.523. The number of aliphatic hydroxyl groups is 1. The van der Waals surface area contributed by atoms with Gasteiger partial charge < -0.3 is 25.6 Å².